The van der Waals surface area contributed by atoms with Crippen molar-refractivity contribution < 1.29 is 4.42 Å². The van der Waals surface area contributed by atoms with Gasteiger partial charge in [-0.3, -0.25) is 0 Å². The van der Waals surface area contributed by atoms with Crippen LogP contribution in [-0.4, -0.2) is 0 Å². The summed E-state index contributed by atoms with van der Waals surface area (Å²) in [5, 5.41) is 5.48. The van der Waals surface area contributed by atoms with E-state index in [1.165, 1.54) is 4.88 Å². The van der Waals surface area contributed by atoms with Crippen LogP contribution in [0.25, 0.3) is 11.3 Å². The van der Waals surface area contributed by atoms with Crippen molar-refractivity contribution in [3.8, 4) is 11.3 Å². The maximum atomic E-state index is 5.83. The molecule has 0 spiro atoms. The highest BCUT2D eigenvalue weighted by Crippen LogP contribution is 2.21. The average molecular weight is 306 g/mol. The Balaban J connectivity index is 0.00000147. The highest BCUT2D eigenvalue weighted by atomic mass is 35.5. The molecule has 0 saturated heterocycles. The maximum Gasteiger partial charge on any atom is 0.134 e. The van der Waals surface area contributed by atoms with E-state index in [1.807, 2.05) is 30.3 Å². The van der Waals surface area contributed by atoms with Crippen molar-refractivity contribution in [3.63, 3.8) is 0 Å². The largest absolute Gasteiger partial charge is 0.460 e. The van der Waals surface area contributed by atoms with Gasteiger partial charge in [0.25, 0.3) is 0 Å². The lowest BCUT2D eigenvalue weighted by atomic mass is 10.2. The van der Waals surface area contributed by atoms with E-state index in [-0.39, 0.29) is 12.4 Å². The van der Waals surface area contributed by atoms with Gasteiger partial charge in [0.1, 0.15) is 11.5 Å². The van der Waals surface area contributed by atoms with Gasteiger partial charge in [-0.15, -0.1) is 23.7 Å². The van der Waals surface area contributed by atoms with Gasteiger partial charge in [0.15, 0.2) is 0 Å². The van der Waals surface area contributed by atoms with E-state index in [0.29, 0.717) is 0 Å². The van der Waals surface area contributed by atoms with Crippen LogP contribution < -0.4 is 5.32 Å². The summed E-state index contributed by atoms with van der Waals surface area (Å²) in [7, 11) is 0. The molecule has 0 bridgehead atoms. The molecule has 2 heterocycles. The van der Waals surface area contributed by atoms with Gasteiger partial charge in [0, 0.05) is 17.0 Å². The van der Waals surface area contributed by atoms with Crippen LogP contribution in [0, 0.1) is 0 Å². The smallest absolute Gasteiger partial charge is 0.134 e. The Hall–Kier alpha value is -1.55. The van der Waals surface area contributed by atoms with E-state index in [0.717, 1.165) is 30.2 Å². The van der Waals surface area contributed by atoms with Crippen molar-refractivity contribution >= 4 is 23.7 Å². The van der Waals surface area contributed by atoms with Gasteiger partial charge in [0.2, 0.25) is 0 Å². The molecule has 2 nitrogen and oxygen atoms in total. The minimum absolute atomic E-state index is 0. The number of benzene rings is 1. The highest BCUT2D eigenvalue weighted by Gasteiger charge is 2.04. The standard InChI is InChI=1S/C16H15NOS.ClH/c1-2-5-13(6-3-1)16-9-8-14(18-16)11-17-12-15-7-4-10-19-15;/h1-10,17H,11-12H2;1H. The number of hydrogen-bond donors (Lipinski definition) is 1. The first kappa shape index (κ1) is 14.9. The predicted octanol–water partition coefficient (Wildman–Crippen LogP) is 4.72. The van der Waals surface area contributed by atoms with E-state index in [4.69, 9.17) is 4.42 Å². The van der Waals surface area contributed by atoms with Gasteiger partial charge in [-0.25, -0.2) is 0 Å². The van der Waals surface area contributed by atoms with Gasteiger partial charge in [0.05, 0.1) is 6.54 Å². The second kappa shape index (κ2) is 7.29. The summed E-state index contributed by atoms with van der Waals surface area (Å²) in [6, 6.07) is 18.4. The molecule has 1 N–H and O–H groups in total. The van der Waals surface area contributed by atoms with Gasteiger partial charge >= 0.3 is 0 Å². The lowest BCUT2D eigenvalue weighted by molar-refractivity contribution is 0.494. The zero-order valence-corrected chi connectivity index (χ0v) is 12.5. The minimum atomic E-state index is 0. The van der Waals surface area contributed by atoms with Crippen molar-refractivity contribution in [1.82, 2.24) is 5.32 Å². The van der Waals surface area contributed by atoms with Gasteiger partial charge in [-0.2, -0.15) is 0 Å². The number of halogens is 1. The monoisotopic (exact) mass is 305 g/mol. The number of rotatable bonds is 5. The zero-order valence-electron chi connectivity index (χ0n) is 10.9. The Bertz CT molecular complexity index is 619. The summed E-state index contributed by atoms with van der Waals surface area (Å²) in [4.78, 5) is 1.34. The summed E-state index contributed by atoms with van der Waals surface area (Å²) in [5.41, 5.74) is 1.12. The lowest BCUT2D eigenvalue weighted by Gasteiger charge is -2.00. The number of hydrogen-bond acceptors (Lipinski definition) is 3. The molecule has 20 heavy (non-hydrogen) atoms. The third-order valence-electron chi connectivity index (χ3n) is 2.90. The van der Waals surface area contributed by atoms with Gasteiger partial charge in [-0.1, -0.05) is 36.4 Å². The Kier molecular flexibility index (Phi) is 5.41. The Morgan fingerprint density at radius 1 is 0.900 bits per heavy atom. The van der Waals surface area contributed by atoms with E-state index in [1.54, 1.807) is 11.3 Å². The third kappa shape index (κ3) is 3.73. The zero-order chi connectivity index (χ0) is 12.9. The molecular formula is C16H16ClNOS. The molecule has 0 radical (unpaired) electrons. The van der Waals surface area contributed by atoms with Crippen LogP contribution in [0.5, 0.6) is 0 Å². The second-order valence-corrected chi connectivity index (χ2v) is 5.35. The van der Waals surface area contributed by atoms with Crippen LogP contribution in [-0.2, 0) is 13.1 Å². The first-order valence-corrected chi connectivity index (χ1v) is 7.17. The fourth-order valence-corrected chi connectivity index (χ4v) is 2.63. The average Bonchev–Trinajstić information content (AvgIpc) is 3.11. The molecule has 0 amide bonds. The van der Waals surface area contributed by atoms with Crippen molar-refractivity contribution in [2.24, 2.45) is 0 Å². The van der Waals surface area contributed by atoms with Gasteiger partial charge in [-0.05, 0) is 23.6 Å². The summed E-state index contributed by atoms with van der Waals surface area (Å²) in [6.07, 6.45) is 0. The lowest BCUT2D eigenvalue weighted by Crippen LogP contribution is -2.10. The van der Waals surface area contributed by atoms with Gasteiger partial charge < -0.3 is 9.73 Å². The molecule has 3 rings (SSSR count). The second-order valence-electron chi connectivity index (χ2n) is 4.31. The summed E-state index contributed by atoms with van der Waals surface area (Å²) in [6.45, 7) is 1.64. The first-order chi connectivity index (χ1) is 9.42. The molecular weight excluding hydrogens is 290 g/mol. The predicted molar refractivity (Wildman–Crippen MR) is 86.3 cm³/mol. The minimum Gasteiger partial charge on any atom is -0.460 e. The van der Waals surface area contributed by atoms with Crippen LogP contribution >= 0.6 is 23.7 Å². The molecule has 2 aromatic heterocycles. The van der Waals surface area contributed by atoms with Crippen LogP contribution in [0.1, 0.15) is 10.6 Å². The number of thiophene rings is 1. The fraction of sp³-hybridized carbons (Fsp3) is 0.125. The third-order valence-corrected chi connectivity index (χ3v) is 3.77. The van der Waals surface area contributed by atoms with Crippen LogP contribution in [0.2, 0.25) is 0 Å². The van der Waals surface area contributed by atoms with E-state index in [9.17, 15) is 0 Å². The highest BCUT2D eigenvalue weighted by molar-refractivity contribution is 7.09. The molecule has 0 unspecified atom stereocenters. The topological polar surface area (TPSA) is 25.2 Å². The molecule has 0 aliphatic carbocycles. The van der Waals surface area contributed by atoms with E-state index >= 15 is 0 Å². The number of furan rings is 1. The maximum absolute atomic E-state index is 5.83. The van der Waals surface area contributed by atoms with Crippen molar-refractivity contribution in [3.05, 3.63) is 70.6 Å². The van der Waals surface area contributed by atoms with Crippen molar-refractivity contribution in [2.75, 3.05) is 0 Å². The summed E-state index contributed by atoms with van der Waals surface area (Å²) in [5.74, 6) is 1.89. The molecule has 0 fully saturated rings. The molecule has 0 aliphatic heterocycles. The first-order valence-electron chi connectivity index (χ1n) is 6.29. The molecule has 0 atom stereocenters. The molecule has 0 saturated carbocycles. The summed E-state index contributed by atoms with van der Waals surface area (Å²) < 4.78 is 5.83. The summed E-state index contributed by atoms with van der Waals surface area (Å²) >= 11 is 1.77. The van der Waals surface area contributed by atoms with Crippen LogP contribution in [0.15, 0.2) is 64.4 Å². The van der Waals surface area contributed by atoms with Crippen LogP contribution in [0.4, 0.5) is 0 Å². The molecule has 4 heteroatoms. The molecule has 1 aromatic carbocycles. The SMILES string of the molecule is Cl.c1ccc(-c2ccc(CNCc3cccs3)o2)cc1. The number of nitrogens with one attached hydrogen (secondary N) is 1. The fourth-order valence-electron chi connectivity index (χ4n) is 1.95. The molecule has 104 valence electrons. The van der Waals surface area contributed by atoms with Crippen molar-refractivity contribution in [2.45, 2.75) is 13.1 Å². The van der Waals surface area contributed by atoms with E-state index < -0.39 is 0 Å². The van der Waals surface area contributed by atoms with E-state index in [2.05, 4.69) is 35.0 Å². The molecule has 3 aromatic rings. The molecule has 0 aliphatic rings. The Labute approximate surface area is 128 Å². The quantitative estimate of drug-likeness (QED) is 0.738. The Morgan fingerprint density at radius 3 is 2.50 bits per heavy atom. The normalized spacial score (nSPS) is 10.2. The Morgan fingerprint density at radius 2 is 1.75 bits per heavy atom. The van der Waals surface area contributed by atoms with Crippen molar-refractivity contribution in [1.29, 1.82) is 0 Å². The van der Waals surface area contributed by atoms with Crippen LogP contribution in [0.3, 0.4) is 0 Å².